The van der Waals surface area contributed by atoms with Crippen molar-refractivity contribution in [1.29, 1.82) is 0 Å². The summed E-state index contributed by atoms with van der Waals surface area (Å²) in [6.07, 6.45) is 0. The van der Waals surface area contributed by atoms with Gasteiger partial charge >= 0.3 is 0 Å². The van der Waals surface area contributed by atoms with Crippen LogP contribution < -0.4 is 9.88 Å². The molecule has 0 saturated carbocycles. The summed E-state index contributed by atoms with van der Waals surface area (Å²) in [5.74, 6) is 0. The predicted molar refractivity (Wildman–Crippen MR) is 140 cm³/mol. The molecule has 1 aromatic heterocycles. The summed E-state index contributed by atoms with van der Waals surface area (Å²) in [6.45, 7) is 32.8. The zero-order chi connectivity index (χ0) is 20.7. The van der Waals surface area contributed by atoms with Crippen LogP contribution in [0.4, 0.5) is 10.3 Å². The average Bonchev–Trinajstić information content (AvgIpc) is 2.66. The maximum Gasteiger partial charge on any atom is 0.125 e. The number of rotatable bonds is 8. The van der Waals surface area contributed by atoms with Crippen LogP contribution in [-0.2, 0) is 0 Å². The highest BCUT2D eigenvalue weighted by Gasteiger charge is 2.43. The van der Waals surface area contributed by atoms with E-state index in [2.05, 4.69) is 96.5 Å². The van der Waals surface area contributed by atoms with Gasteiger partial charge in [-0.3, -0.25) is 9.88 Å². The van der Waals surface area contributed by atoms with Gasteiger partial charge in [-0.15, -0.1) is 0 Å². The molecule has 0 aliphatic heterocycles. The van der Waals surface area contributed by atoms with Crippen LogP contribution in [-0.4, -0.2) is 36.5 Å². The second kappa shape index (κ2) is 8.92. The second-order valence-corrected chi connectivity index (χ2v) is 33.6. The lowest BCUT2D eigenvalue weighted by molar-refractivity contribution is 0.817. The van der Waals surface area contributed by atoms with Crippen LogP contribution in [0.25, 0.3) is 0 Å². The Bertz CT molecular complexity index is 582. The van der Waals surface area contributed by atoms with E-state index in [4.69, 9.17) is 0 Å². The van der Waals surface area contributed by atoms with E-state index in [1.807, 2.05) is 5.15 Å². The maximum absolute atomic E-state index is 3.93. The Morgan fingerprint density at radius 3 is 1.58 bits per heavy atom. The van der Waals surface area contributed by atoms with Crippen LogP contribution in [0.2, 0.25) is 58.9 Å². The molecular formula is C18H43N2P3Si3. The van der Waals surface area contributed by atoms with Gasteiger partial charge in [0.25, 0.3) is 0 Å². The molecule has 2 nitrogen and oxygen atoms in total. The van der Waals surface area contributed by atoms with Crippen molar-refractivity contribution in [2.24, 2.45) is 0 Å². The first-order valence-corrected chi connectivity index (χ1v) is 24.5. The van der Waals surface area contributed by atoms with Crippen LogP contribution in [0.1, 0.15) is 32.6 Å². The molecule has 26 heavy (non-hydrogen) atoms. The molecule has 0 aromatic carbocycles. The fourth-order valence-corrected chi connectivity index (χ4v) is 36.7. The molecule has 0 bridgehead atoms. The highest BCUT2D eigenvalue weighted by atomic mass is 31.8. The van der Waals surface area contributed by atoms with E-state index in [0.29, 0.717) is 12.1 Å². The standard InChI is InChI=1S/C18H43N2P3Si3/c1-14(2)19-16-21-22-17(20(15(3)4)26(11,12)13)23(16)18(24(5,6)7)25(8,9)10/h14-15,18-19H,1-13H3. The Morgan fingerprint density at radius 1 is 0.808 bits per heavy atom. The summed E-state index contributed by atoms with van der Waals surface area (Å²) in [5.41, 5.74) is 0. The smallest absolute Gasteiger partial charge is 0.125 e. The van der Waals surface area contributed by atoms with Gasteiger partial charge in [0.1, 0.15) is 8.24 Å². The highest BCUT2D eigenvalue weighted by molar-refractivity contribution is 8.04. The number of hydrogen-bond acceptors (Lipinski definition) is 2. The molecule has 1 unspecified atom stereocenters. The quantitative estimate of drug-likeness (QED) is 0.386. The van der Waals surface area contributed by atoms with Gasteiger partial charge in [-0.05, 0) is 34.5 Å². The lowest BCUT2D eigenvalue weighted by Crippen LogP contribution is -2.50. The molecule has 1 rings (SSSR count). The van der Waals surface area contributed by atoms with Crippen molar-refractivity contribution in [2.45, 2.75) is 104 Å². The average molecular weight is 465 g/mol. The number of anilines is 2. The molecule has 1 atom stereocenters. The third-order valence-corrected chi connectivity index (χ3v) is 28.6. The molecule has 0 radical (unpaired) electrons. The van der Waals surface area contributed by atoms with E-state index in [-0.39, 0.29) is 7.53 Å². The maximum atomic E-state index is 3.93. The number of nitrogens with zero attached hydrogens (tertiary/aromatic N) is 1. The molecule has 152 valence electrons. The lowest BCUT2D eigenvalue weighted by atomic mass is 10.4. The van der Waals surface area contributed by atoms with E-state index >= 15 is 0 Å². The molecule has 8 heteroatoms. The molecule has 0 aliphatic rings. The molecule has 0 saturated heterocycles. The van der Waals surface area contributed by atoms with Crippen LogP contribution in [0.3, 0.4) is 0 Å². The second-order valence-electron chi connectivity index (χ2n) is 11.3. The van der Waals surface area contributed by atoms with Gasteiger partial charge in [-0.1, -0.05) is 80.3 Å². The van der Waals surface area contributed by atoms with Crippen molar-refractivity contribution < 1.29 is 0 Å². The third kappa shape index (κ3) is 6.36. The van der Waals surface area contributed by atoms with Crippen molar-refractivity contribution in [3.8, 4) is 0 Å². The van der Waals surface area contributed by atoms with Gasteiger partial charge in [-0.2, -0.15) is 0 Å². The van der Waals surface area contributed by atoms with Crippen molar-refractivity contribution >= 4 is 58.0 Å². The molecule has 0 spiro atoms. The fourth-order valence-electron chi connectivity index (χ4n) is 4.42. The van der Waals surface area contributed by atoms with Gasteiger partial charge in [0.05, 0.1) is 26.4 Å². The molecule has 1 N–H and O–H groups in total. The van der Waals surface area contributed by atoms with Crippen LogP contribution >= 0.6 is 23.3 Å². The van der Waals surface area contributed by atoms with Gasteiger partial charge in [0.2, 0.25) is 0 Å². The Kier molecular flexibility index (Phi) is 8.66. The molecule has 0 fully saturated rings. The minimum absolute atomic E-state index is 0.198. The SMILES string of the molecule is CC(C)Nc1ppc(N(C(C)C)[Si](C)(C)C)p1C([Si](C)(C)C)[Si](C)(C)C. The zero-order valence-electron chi connectivity index (χ0n) is 19.5. The summed E-state index contributed by atoms with van der Waals surface area (Å²) in [5, 5.41) is 7.43. The van der Waals surface area contributed by atoms with Gasteiger partial charge < -0.3 is 0 Å². The van der Waals surface area contributed by atoms with Crippen molar-refractivity contribution in [2.75, 3.05) is 9.88 Å². The summed E-state index contributed by atoms with van der Waals surface area (Å²) >= 11 is 0. The fraction of sp³-hybridized carbons (Fsp3) is 0.889. The Balaban J connectivity index is 3.77. The van der Waals surface area contributed by atoms with Crippen LogP contribution in [0.5, 0.6) is 0 Å². The van der Waals surface area contributed by atoms with E-state index in [1.165, 1.54) is 7.87 Å². The highest BCUT2D eigenvalue weighted by Crippen LogP contribution is 2.70. The van der Waals surface area contributed by atoms with E-state index in [0.717, 1.165) is 4.91 Å². The van der Waals surface area contributed by atoms with Crippen molar-refractivity contribution in [3.05, 3.63) is 0 Å². The Labute approximate surface area is 171 Å². The molecule has 1 heterocycles. The van der Waals surface area contributed by atoms with Crippen molar-refractivity contribution in [1.82, 2.24) is 0 Å². The topological polar surface area (TPSA) is 15.3 Å². The normalized spacial score (nSPS) is 15.7. The van der Waals surface area contributed by atoms with Gasteiger partial charge in [-0.25, -0.2) is 0 Å². The first-order chi connectivity index (χ1) is 11.5. The summed E-state index contributed by atoms with van der Waals surface area (Å²) in [7, 11) is -1.05. The van der Waals surface area contributed by atoms with E-state index < -0.39 is 24.4 Å². The first kappa shape index (κ1) is 25.2. The minimum Gasteiger partial charge on any atom is -0.287 e. The van der Waals surface area contributed by atoms with Gasteiger partial charge in [0, 0.05) is 12.1 Å². The van der Waals surface area contributed by atoms with Gasteiger partial charge in [0.15, 0.2) is 0 Å². The Morgan fingerprint density at radius 2 is 1.27 bits per heavy atom. The molecule has 1 aromatic rings. The number of hydrogen-bond donors (Lipinski definition) is 1. The van der Waals surface area contributed by atoms with E-state index in [1.54, 1.807) is 13.0 Å². The first-order valence-electron chi connectivity index (χ1n) is 9.98. The molecule has 0 amide bonds. The van der Waals surface area contributed by atoms with Crippen LogP contribution in [0.15, 0.2) is 0 Å². The van der Waals surface area contributed by atoms with E-state index in [9.17, 15) is 0 Å². The minimum atomic E-state index is -1.40. The number of nitrogens with one attached hydrogen (secondary N) is 1. The summed E-state index contributed by atoms with van der Waals surface area (Å²) in [4.78, 5) is 0.946. The van der Waals surface area contributed by atoms with Crippen molar-refractivity contribution in [3.63, 3.8) is 0 Å². The largest absolute Gasteiger partial charge is 0.287 e. The Hall–Kier alpha value is 1.21. The van der Waals surface area contributed by atoms with Crippen LogP contribution in [0, 0.1) is 0 Å². The lowest BCUT2D eigenvalue weighted by Gasteiger charge is -2.44. The monoisotopic (exact) mass is 464 g/mol. The third-order valence-electron chi connectivity index (χ3n) is 4.45. The summed E-state index contributed by atoms with van der Waals surface area (Å²) in [6, 6.07) is 1.16. The summed E-state index contributed by atoms with van der Waals surface area (Å²) < 4.78 is 2.91. The molecular weight excluding hydrogens is 421 g/mol. The predicted octanol–water partition coefficient (Wildman–Crippen LogP) is 9.00. The molecule has 0 aliphatic carbocycles. The zero-order valence-corrected chi connectivity index (χ0v) is 25.2.